The molecular weight excluding hydrogens is 450 g/mol. The number of carbonyl (C=O) groups is 1. The van der Waals surface area contributed by atoms with Gasteiger partial charge in [-0.2, -0.15) is 0 Å². The van der Waals surface area contributed by atoms with E-state index in [4.69, 9.17) is 10.5 Å². The molecule has 0 radical (unpaired) electrons. The van der Waals surface area contributed by atoms with E-state index in [2.05, 4.69) is 4.98 Å². The quantitative estimate of drug-likeness (QED) is 0.570. The third-order valence-corrected chi connectivity index (χ3v) is 8.44. The van der Waals surface area contributed by atoms with Crippen molar-refractivity contribution in [3.8, 4) is 16.9 Å². The van der Waals surface area contributed by atoms with Crippen molar-refractivity contribution >= 4 is 21.6 Å². The predicted molar refractivity (Wildman–Crippen MR) is 132 cm³/mol. The van der Waals surface area contributed by atoms with E-state index in [9.17, 15) is 13.2 Å². The molecule has 0 saturated heterocycles. The summed E-state index contributed by atoms with van der Waals surface area (Å²) in [7, 11) is -4.01. The van der Waals surface area contributed by atoms with Gasteiger partial charge in [-0.3, -0.25) is 14.1 Å². The molecule has 4 rings (SSSR count). The zero-order valence-corrected chi connectivity index (χ0v) is 20.6. The second-order valence-corrected chi connectivity index (χ2v) is 10.7. The van der Waals surface area contributed by atoms with Crippen molar-refractivity contribution in [2.45, 2.75) is 44.6 Å². The van der Waals surface area contributed by atoms with Crippen LogP contribution in [-0.2, 0) is 14.8 Å². The summed E-state index contributed by atoms with van der Waals surface area (Å²) in [5.41, 5.74) is 8.48. The van der Waals surface area contributed by atoms with E-state index >= 15 is 0 Å². The minimum Gasteiger partial charge on any atom is -0.473 e. The normalized spacial score (nSPS) is 18.6. The van der Waals surface area contributed by atoms with Crippen molar-refractivity contribution in [3.05, 3.63) is 72.1 Å². The average Bonchev–Trinajstić information content (AvgIpc) is 2.83. The van der Waals surface area contributed by atoms with E-state index in [1.165, 1.54) is 4.31 Å². The average molecular weight is 480 g/mol. The highest BCUT2D eigenvalue weighted by Crippen LogP contribution is 2.45. The first-order valence-electron chi connectivity index (χ1n) is 11.2. The number of aryl methyl sites for hydroxylation is 2. The number of hydrogen-bond acceptors (Lipinski definition) is 5. The monoisotopic (exact) mass is 479 g/mol. The summed E-state index contributed by atoms with van der Waals surface area (Å²) in [5.74, 6) is -0.695. The van der Waals surface area contributed by atoms with Gasteiger partial charge in [0.2, 0.25) is 5.60 Å². The van der Waals surface area contributed by atoms with Crippen molar-refractivity contribution in [1.29, 1.82) is 0 Å². The van der Waals surface area contributed by atoms with Crippen molar-refractivity contribution < 1.29 is 17.9 Å². The van der Waals surface area contributed by atoms with Gasteiger partial charge in [0.15, 0.2) is 0 Å². The molecule has 8 heteroatoms. The van der Waals surface area contributed by atoms with E-state index in [0.29, 0.717) is 17.9 Å². The first-order chi connectivity index (χ1) is 16.1. The van der Waals surface area contributed by atoms with Gasteiger partial charge in [0.05, 0.1) is 17.1 Å². The Kier molecular flexibility index (Phi) is 6.12. The third-order valence-electron chi connectivity index (χ3n) is 6.67. The highest BCUT2D eigenvalue weighted by Gasteiger charge is 2.51. The third kappa shape index (κ3) is 3.81. The number of benzene rings is 2. The summed E-state index contributed by atoms with van der Waals surface area (Å²) in [5, 5.41) is 0. The molecule has 178 valence electrons. The minimum atomic E-state index is -4.01. The van der Waals surface area contributed by atoms with Gasteiger partial charge in [-0.1, -0.05) is 38.1 Å². The molecule has 3 aromatic rings. The number of amides is 1. The standard InChI is InChI=1S/C26H29N3O4S/c1-5-19(4)26(25(27)30)16-29(34(31,32)21-9-7-6-8-10-21)22-13-20(11-12-23(22)33-26)24-17(2)14-28-15-18(24)3/h6-15,19H,5,16H2,1-4H3,(H2,27,30). The molecule has 1 aliphatic heterocycles. The van der Waals surface area contributed by atoms with Crippen LogP contribution in [0.5, 0.6) is 5.75 Å². The molecule has 1 aromatic heterocycles. The zero-order chi connectivity index (χ0) is 24.7. The molecule has 0 aliphatic carbocycles. The van der Waals surface area contributed by atoms with E-state index in [-0.39, 0.29) is 17.4 Å². The largest absolute Gasteiger partial charge is 0.473 e. The van der Waals surface area contributed by atoms with Crippen molar-refractivity contribution in [2.24, 2.45) is 11.7 Å². The highest BCUT2D eigenvalue weighted by atomic mass is 32.2. The van der Waals surface area contributed by atoms with Crippen molar-refractivity contribution in [3.63, 3.8) is 0 Å². The fourth-order valence-corrected chi connectivity index (χ4v) is 6.05. The fraction of sp³-hybridized carbons (Fsp3) is 0.308. The molecular formula is C26H29N3O4S. The Bertz CT molecular complexity index is 1320. The van der Waals surface area contributed by atoms with Crippen LogP contribution in [-0.4, -0.2) is 31.5 Å². The first-order valence-corrected chi connectivity index (χ1v) is 12.7. The lowest BCUT2D eigenvalue weighted by atomic mass is 9.84. The van der Waals surface area contributed by atoms with E-state index in [1.54, 1.807) is 54.9 Å². The Hall–Kier alpha value is -3.39. The SMILES string of the molecule is CCC(C)C1(C(N)=O)CN(S(=O)(=O)c2ccccc2)c2cc(-c3c(C)cncc3C)ccc2O1. The lowest BCUT2D eigenvalue weighted by Gasteiger charge is -2.45. The number of aromatic nitrogens is 1. The van der Waals surface area contributed by atoms with Gasteiger partial charge in [-0.05, 0) is 66.8 Å². The number of nitrogens with zero attached hydrogens (tertiary/aromatic N) is 2. The molecule has 0 bridgehead atoms. The predicted octanol–water partition coefficient (Wildman–Crippen LogP) is 4.22. The molecule has 0 fully saturated rings. The Morgan fingerprint density at radius 2 is 1.79 bits per heavy atom. The van der Waals surface area contributed by atoms with E-state index in [1.807, 2.05) is 33.8 Å². The van der Waals surface area contributed by atoms with E-state index < -0.39 is 21.5 Å². The molecule has 2 N–H and O–H groups in total. The minimum absolute atomic E-state index is 0.132. The Morgan fingerprint density at radius 1 is 1.15 bits per heavy atom. The molecule has 1 amide bonds. The number of fused-ring (bicyclic) bond motifs is 1. The summed E-state index contributed by atoms with van der Waals surface area (Å²) in [6.45, 7) is 7.48. The summed E-state index contributed by atoms with van der Waals surface area (Å²) in [6.07, 6.45) is 4.14. The van der Waals surface area contributed by atoms with Gasteiger partial charge in [0.1, 0.15) is 5.75 Å². The first kappa shape index (κ1) is 23.8. The van der Waals surface area contributed by atoms with Gasteiger partial charge in [0.25, 0.3) is 15.9 Å². The molecule has 2 unspecified atom stereocenters. The van der Waals surface area contributed by atoms with Gasteiger partial charge in [-0.25, -0.2) is 8.42 Å². The number of hydrogen-bond donors (Lipinski definition) is 1. The summed E-state index contributed by atoms with van der Waals surface area (Å²) >= 11 is 0. The van der Waals surface area contributed by atoms with Gasteiger partial charge >= 0.3 is 0 Å². The maximum atomic E-state index is 13.9. The fourth-order valence-electron chi connectivity index (χ4n) is 4.53. The van der Waals surface area contributed by atoms with Crippen LogP contribution < -0.4 is 14.8 Å². The van der Waals surface area contributed by atoms with Crippen LogP contribution in [0.2, 0.25) is 0 Å². The topological polar surface area (TPSA) is 103 Å². The van der Waals surface area contributed by atoms with Gasteiger partial charge in [0, 0.05) is 18.3 Å². The Balaban J connectivity index is 1.97. The van der Waals surface area contributed by atoms with Crippen LogP contribution in [0.1, 0.15) is 31.4 Å². The van der Waals surface area contributed by atoms with Crippen LogP contribution in [0.3, 0.4) is 0 Å². The van der Waals surface area contributed by atoms with Crippen LogP contribution in [0.15, 0.2) is 65.8 Å². The van der Waals surface area contributed by atoms with Crippen LogP contribution >= 0.6 is 0 Å². The molecule has 1 aliphatic rings. The molecule has 0 spiro atoms. The molecule has 2 heterocycles. The number of rotatable bonds is 6. The van der Waals surface area contributed by atoms with Crippen LogP contribution in [0.4, 0.5) is 5.69 Å². The van der Waals surface area contributed by atoms with Crippen molar-refractivity contribution in [1.82, 2.24) is 4.98 Å². The van der Waals surface area contributed by atoms with E-state index in [0.717, 1.165) is 22.3 Å². The number of carbonyl (C=O) groups excluding carboxylic acids is 1. The number of anilines is 1. The summed E-state index contributed by atoms with van der Waals surface area (Å²) in [4.78, 5) is 17.1. The smallest absolute Gasteiger partial charge is 0.264 e. The Morgan fingerprint density at radius 3 is 2.38 bits per heavy atom. The van der Waals surface area contributed by atoms with Crippen LogP contribution in [0.25, 0.3) is 11.1 Å². The Labute approximate surface area is 200 Å². The van der Waals surface area contributed by atoms with Gasteiger partial charge in [-0.15, -0.1) is 0 Å². The molecule has 0 saturated carbocycles. The second-order valence-electron chi connectivity index (χ2n) is 8.82. The van der Waals surface area contributed by atoms with Crippen LogP contribution in [0, 0.1) is 19.8 Å². The highest BCUT2D eigenvalue weighted by molar-refractivity contribution is 7.92. The lowest BCUT2D eigenvalue weighted by Crippen LogP contribution is -2.63. The van der Waals surface area contributed by atoms with Gasteiger partial charge < -0.3 is 10.5 Å². The molecule has 7 nitrogen and oxygen atoms in total. The summed E-state index contributed by atoms with van der Waals surface area (Å²) in [6, 6.07) is 13.6. The number of primary amides is 1. The molecule has 2 atom stereocenters. The van der Waals surface area contributed by atoms with Crippen molar-refractivity contribution in [2.75, 3.05) is 10.8 Å². The maximum absolute atomic E-state index is 13.9. The molecule has 34 heavy (non-hydrogen) atoms. The zero-order valence-electron chi connectivity index (χ0n) is 19.8. The maximum Gasteiger partial charge on any atom is 0.264 e. The number of sulfonamides is 1. The number of pyridine rings is 1. The molecule has 2 aromatic carbocycles. The number of nitrogens with two attached hydrogens (primary N) is 1. The lowest BCUT2D eigenvalue weighted by molar-refractivity contribution is -0.137. The summed E-state index contributed by atoms with van der Waals surface area (Å²) < 4.78 is 35.2. The second kappa shape index (κ2) is 8.76. The number of ether oxygens (including phenoxy) is 1.